The number of nitrogens with zero attached hydrogens (tertiary/aromatic N) is 3. The third-order valence-corrected chi connectivity index (χ3v) is 5.71. The number of carbonyl (C=O) groups is 2. The molecule has 2 fully saturated rings. The van der Waals surface area contributed by atoms with Gasteiger partial charge in [-0.15, -0.1) is 0 Å². The Hall–Kier alpha value is -2.63. The Balaban J connectivity index is 1.36. The maximum Gasteiger partial charge on any atom is 0.338 e. The fourth-order valence-electron chi connectivity index (χ4n) is 3.80. The fourth-order valence-corrected chi connectivity index (χ4v) is 3.80. The second-order valence-electron chi connectivity index (χ2n) is 7.29. The number of aromatic carboxylic acids is 1. The van der Waals surface area contributed by atoms with Gasteiger partial charge in [0.1, 0.15) is 0 Å². The molecule has 1 saturated carbocycles. The Kier molecular flexibility index (Phi) is 4.49. The Morgan fingerprint density at radius 1 is 1.00 bits per heavy atom. The lowest BCUT2D eigenvalue weighted by Gasteiger charge is -2.32. The summed E-state index contributed by atoms with van der Waals surface area (Å²) in [6.07, 6.45) is 8.35. The van der Waals surface area contributed by atoms with Gasteiger partial charge in [0, 0.05) is 24.8 Å². The van der Waals surface area contributed by atoms with E-state index in [1.807, 2.05) is 17.0 Å². The number of carbonyl (C=O) groups excluding carboxylic acids is 1. The van der Waals surface area contributed by atoms with Gasteiger partial charge < -0.3 is 10.0 Å². The van der Waals surface area contributed by atoms with Crippen molar-refractivity contribution in [3.63, 3.8) is 0 Å². The molecule has 1 amide bonds. The fraction of sp³-hybridized carbons (Fsp3) is 0.450. The molecule has 1 saturated heterocycles. The van der Waals surface area contributed by atoms with Crippen LogP contribution >= 0.6 is 0 Å². The number of hydrogen-bond donors (Lipinski definition) is 1. The van der Waals surface area contributed by atoms with Gasteiger partial charge in [0.2, 0.25) is 0 Å². The summed E-state index contributed by atoms with van der Waals surface area (Å²) in [5.74, 6) is -0.204. The van der Waals surface area contributed by atoms with Crippen LogP contribution in [0.3, 0.4) is 0 Å². The summed E-state index contributed by atoms with van der Waals surface area (Å²) < 4.78 is 1.72. The predicted octanol–water partition coefficient (Wildman–Crippen LogP) is 3.33. The van der Waals surface area contributed by atoms with Crippen molar-refractivity contribution in [2.75, 3.05) is 13.1 Å². The average molecular weight is 353 g/mol. The third-order valence-electron chi connectivity index (χ3n) is 5.71. The second kappa shape index (κ2) is 6.94. The largest absolute Gasteiger partial charge is 0.478 e. The van der Waals surface area contributed by atoms with Crippen LogP contribution in [0.2, 0.25) is 0 Å². The van der Waals surface area contributed by atoms with E-state index in [1.165, 1.54) is 31.0 Å². The van der Waals surface area contributed by atoms with Crippen molar-refractivity contribution in [3.8, 4) is 0 Å². The van der Waals surface area contributed by atoms with Gasteiger partial charge in [-0.05, 0) is 49.3 Å². The summed E-state index contributed by atoms with van der Waals surface area (Å²) in [4.78, 5) is 25.6. The molecule has 6 nitrogen and oxygen atoms in total. The zero-order valence-electron chi connectivity index (χ0n) is 14.7. The maximum atomic E-state index is 12.7. The summed E-state index contributed by atoms with van der Waals surface area (Å²) in [6, 6.07) is 8.25. The molecule has 1 aromatic carbocycles. The van der Waals surface area contributed by atoms with Crippen LogP contribution in [-0.2, 0) is 0 Å². The Morgan fingerprint density at radius 3 is 2.23 bits per heavy atom. The number of hydrogen-bond acceptors (Lipinski definition) is 3. The van der Waals surface area contributed by atoms with E-state index in [0.29, 0.717) is 19.0 Å². The maximum absolute atomic E-state index is 12.7. The number of likely N-dealkylation sites (tertiary alicyclic amines) is 1. The minimum absolute atomic E-state index is 0.0790. The molecule has 0 unspecified atom stereocenters. The first-order chi connectivity index (χ1) is 12.6. The van der Waals surface area contributed by atoms with E-state index in [1.54, 1.807) is 10.9 Å². The molecule has 0 bridgehead atoms. The van der Waals surface area contributed by atoms with Crippen molar-refractivity contribution < 1.29 is 14.7 Å². The highest BCUT2D eigenvalue weighted by molar-refractivity contribution is 5.94. The molecule has 6 heteroatoms. The van der Waals surface area contributed by atoms with E-state index >= 15 is 0 Å². The quantitative estimate of drug-likeness (QED) is 0.915. The molecule has 0 radical (unpaired) electrons. The van der Waals surface area contributed by atoms with Crippen LogP contribution < -0.4 is 0 Å². The number of carboxylic acid groups (broad SMARTS) is 1. The first kappa shape index (κ1) is 16.8. The van der Waals surface area contributed by atoms with Crippen LogP contribution in [-0.4, -0.2) is 44.8 Å². The molecule has 2 aliphatic rings. The molecular formula is C20H23N3O3. The number of amides is 1. The van der Waals surface area contributed by atoms with Crippen LogP contribution in [0.25, 0.3) is 0 Å². The smallest absolute Gasteiger partial charge is 0.338 e. The molecule has 1 aliphatic carbocycles. The Morgan fingerprint density at radius 2 is 1.69 bits per heavy atom. The van der Waals surface area contributed by atoms with Gasteiger partial charge in [-0.3, -0.25) is 9.48 Å². The summed E-state index contributed by atoms with van der Waals surface area (Å²) in [5.41, 5.74) is 2.30. The average Bonchev–Trinajstić information content (AvgIpc) is 3.11. The van der Waals surface area contributed by atoms with Crippen molar-refractivity contribution in [1.82, 2.24) is 14.7 Å². The van der Waals surface area contributed by atoms with Crippen LogP contribution in [0, 0.1) is 0 Å². The molecule has 1 aromatic heterocycles. The standard InChI is InChI=1S/C20H23N3O3/c24-19(16-6-4-15(5-7-16)14-2-1-3-14)22-10-8-18(9-11-22)23-13-17(12-21-23)20(25)26/h4-7,12-14,18H,1-3,8-11H2,(H,25,26). The van der Waals surface area contributed by atoms with E-state index in [0.717, 1.165) is 18.4 Å². The van der Waals surface area contributed by atoms with Crippen molar-refractivity contribution >= 4 is 11.9 Å². The highest BCUT2D eigenvalue weighted by Gasteiger charge is 2.26. The predicted molar refractivity (Wildman–Crippen MR) is 96.4 cm³/mol. The van der Waals surface area contributed by atoms with Crippen LogP contribution in [0.1, 0.15) is 70.3 Å². The monoisotopic (exact) mass is 353 g/mol. The minimum atomic E-state index is -0.964. The number of rotatable bonds is 4. The molecule has 1 N–H and O–H groups in total. The van der Waals surface area contributed by atoms with E-state index in [-0.39, 0.29) is 17.5 Å². The lowest BCUT2D eigenvalue weighted by atomic mass is 9.80. The van der Waals surface area contributed by atoms with Gasteiger partial charge in [-0.2, -0.15) is 5.10 Å². The first-order valence-electron chi connectivity index (χ1n) is 9.28. The van der Waals surface area contributed by atoms with E-state index < -0.39 is 5.97 Å². The molecule has 0 atom stereocenters. The lowest BCUT2D eigenvalue weighted by Crippen LogP contribution is -2.39. The second-order valence-corrected chi connectivity index (χ2v) is 7.29. The Bertz CT molecular complexity index is 800. The van der Waals surface area contributed by atoms with Crippen molar-refractivity contribution in [3.05, 3.63) is 53.3 Å². The van der Waals surface area contributed by atoms with Crippen LogP contribution in [0.4, 0.5) is 0 Å². The summed E-state index contributed by atoms with van der Waals surface area (Å²) >= 11 is 0. The zero-order chi connectivity index (χ0) is 18.1. The van der Waals surface area contributed by atoms with Crippen LogP contribution in [0.5, 0.6) is 0 Å². The number of carboxylic acids is 1. The SMILES string of the molecule is O=C(O)c1cnn(C2CCN(C(=O)c3ccc(C4CCC4)cc3)CC2)c1. The molecule has 1 aliphatic heterocycles. The summed E-state index contributed by atoms with van der Waals surface area (Å²) in [7, 11) is 0. The van der Waals surface area contributed by atoms with Gasteiger partial charge in [0.15, 0.2) is 0 Å². The molecule has 0 spiro atoms. The Labute approximate surface area is 152 Å². The normalized spacial score (nSPS) is 18.5. The molecule has 2 heterocycles. The van der Waals surface area contributed by atoms with E-state index in [4.69, 9.17) is 5.11 Å². The lowest BCUT2D eigenvalue weighted by molar-refractivity contribution is 0.0688. The van der Waals surface area contributed by atoms with Crippen LogP contribution in [0.15, 0.2) is 36.7 Å². The molecular weight excluding hydrogens is 330 g/mol. The number of aromatic nitrogens is 2. The minimum Gasteiger partial charge on any atom is -0.478 e. The van der Waals surface area contributed by atoms with Gasteiger partial charge in [0.25, 0.3) is 5.91 Å². The number of benzene rings is 1. The van der Waals surface area contributed by atoms with E-state index in [2.05, 4.69) is 17.2 Å². The van der Waals surface area contributed by atoms with Crippen molar-refractivity contribution in [2.24, 2.45) is 0 Å². The molecule has 136 valence electrons. The highest BCUT2D eigenvalue weighted by atomic mass is 16.4. The third kappa shape index (κ3) is 3.23. The van der Waals surface area contributed by atoms with Gasteiger partial charge in [0.05, 0.1) is 17.8 Å². The molecule has 2 aromatic rings. The van der Waals surface area contributed by atoms with Gasteiger partial charge in [-0.25, -0.2) is 4.79 Å². The summed E-state index contributed by atoms with van der Waals surface area (Å²) in [5, 5.41) is 13.2. The number of piperidine rings is 1. The van der Waals surface area contributed by atoms with E-state index in [9.17, 15) is 9.59 Å². The molecule has 26 heavy (non-hydrogen) atoms. The zero-order valence-corrected chi connectivity index (χ0v) is 14.7. The first-order valence-corrected chi connectivity index (χ1v) is 9.28. The highest BCUT2D eigenvalue weighted by Crippen LogP contribution is 2.36. The van der Waals surface area contributed by atoms with Crippen molar-refractivity contribution in [2.45, 2.75) is 44.1 Å². The van der Waals surface area contributed by atoms with Gasteiger partial charge in [-0.1, -0.05) is 18.6 Å². The van der Waals surface area contributed by atoms with Crippen molar-refractivity contribution in [1.29, 1.82) is 0 Å². The summed E-state index contributed by atoms with van der Waals surface area (Å²) in [6.45, 7) is 1.33. The topological polar surface area (TPSA) is 75.4 Å². The molecule has 4 rings (SSSR count). The van der Waals surface area contributed by atoms with Gasteiger partial charge >= 0.3 is 5.97 Å².